The third-order valence-electron chi connectivity index (χ3n) is 1.87. The molecule has 4 N–H and O–H groups in total. The second-order valence-corrected chi connectivity index (χ2v) is 2.99. The van der Waals surface area contributed by atoms with Crippen LogP contribution in [0.4, 0.5) is 0 Å². The third-order valence-corrected chi connectivity index (χ3v) is 1.87. The molecule has 16 heavy (non-hydrogen) atoms. The maximum atomic E-state index is 10.8. The minimum Gasteiger partial charge on any atom is -0.478 e. The van der Waals surface area contributed by atoms with E-state index in [1.807, 2.05) is 0 Å². The van der Waals surface area contributed by atoms with Crippen LogP contribution in [0.25, 0.3) is 0 Å². The molecule has 7 heteroatoms. The van der Waals surface area contributed by atoms with Crippen molar-refractivity contribution in [1.29, 1.82) is 0 Å². The molecule has 1 heterocycles. The SMILES string of the molecule is C=CC1=NC(N)(/C(=C/C(=O)O)C(=O)O)OC1. The largest absolute Gasteiger partial charge is 0.478 e. The van der Waals surface area contributed by atoms with Gasteiger partial charge in [-0.3, -0.25) is 5.73 Å². The van der Waals surface area contributed by atoms with E-state index in [4.69, 9.17) is 20.7 Å². The van der Waals surface area contributed by atoms with E-state index in [2.05, 4.69) is 11.6 Å². The van der Waals surface area contributed by atoms with Gasteiger partial charge in [-0.15, -0.1) is 0 Å². The van der Waals surface area contributed by atoms with Gasteiger partial charge in [0, 0.05) is 6.08 Å². The summed E-state index contributed by atoms with van der Waals surface area (Å²) in [7, 11) is 0. The fourth-order valence-electron chi connectivity index (χ4n) is 1.15. The standard InChI is InChI=1S/C9H10N2O5/c1-2-5-4-16-9(10,11-5)6(8(14)15)3-7(12)13/h2-3H,1,4,10H2,(H,12,13)(H,14,15)/b6-3+. The van der Waals surface area contributed by atoms with E-state index in [1.165, 1.54) is 6.08 Å². The highest BCUT2D eigenvalue weighted by Crippen LogP contribution is 2.23. The molecule has 1 aliphatic heterocycles. The van der Waals surface area contributed by atoms with Crippen molar-refractivity contribution in [2.24, 2.45) is 10.7 Å². The van der Waals surface area contributed by atoms with Crippen LogP contribution in [0.1, 0.15) is 0 Å². The molecule has 1 aliphatic rings. The van der Waals surface area contributed by atoms with Crippen LogP contribution in [-0.4, -0.2) is 40.3 Å². The van der Waals surface area contributed by atoms with Crippen LogP contribution in [0.15, 0.2) is 29.3 Å². The normalized spacial score (nSPS) is 25.1. The number of nitrogens with zero attached hydrogens (tertiary/aromatic N) is 1. The summed E-state index contributed by atoms with van der Waals surface area (Å²) in [6.45, 7) is 3.41. The molecule has 1 rings (SSSR count). The molecule has 0 aromatic carbocycles. The summed E-state index contributed by atoms with van der Waals surface area (Å²) in [6.07, 6.45) is 1.81. The van der Waals surface area contributed by atoms with Gasteiger partial charge in [0.05, 0.1) is 12.3 Å². The van der Waals surface area contributed by atoms with E-state index in [0.29, 0.717) is 11.8 Å². The lowest BCUT2D eigenvalue weighted by atomic mass is 10.1. The average molecular weight is 226 g/mol. The van der Waals surface area contributed by atoms with Crippen molar-refractivity contribution in [3.63, 3.8) is 0 Å². The first-order valence-corrected chi connectivity index (χ1v) is 4.21. The quantitative estimate of drug-likeness (QED) is 0.547. The van der Waals surface area contributed by atoms with Crippen LogP contribution < -0.4 is 5.73 Å². The van der Waals surface area contributed by atoms with Crippen LogP contribution in [-0.2, 0) is 14.3 Å². The van der Waals surface area contributed by atoms with Gasteiger partial charge in [0.25, 0.3) is 0 Å². The van der Waals surface area contributed by atoms with E-state index in [9.17, 15) is 9.59 Å². The Kier molecular flexibility index (Phi) is 3.21. The van der Waals surface area contributed by atoms with Crippen molar-refractivity contribution in [2.75, 3.05) is 6.61 Å². The zero-order chi connectivity index (χ0) is 12.3. The average Bonchev–Trinajstić information content (AvgIpc) is 2.57. The molecule has 0 bridgehead atoms. The van der Waals surface area contributed by atoms with Crippen molar-refractivity contribution in [3.05, 3.63) is 24.3 Å². The Morgan fingerprint density at radius 1 is 1.56 bits per heavy atom. The molecular weight excluding hydrogens is 216 g/mol. The molecule has 0 radical (unpaired) electrons. The molecule has 0 aliphatic carbocycles. The Bertz CT molecular complexity index is 412. The van der Waals surface area contributed by atoms with Gasteiger partial charge >= 0.3 is 11.9 Å². The Hall–Kier alpha value is -1.99. The first-order valence-electron chi connectivity index (χ1n) is 4.21. The van der Waals surface area contributed by atoms with Gasteiger partial charge in [-0.25, -0.2) is 14.6 Å². The van der Waals surface area contributed by atoms with Crippen LogP contribution >= 0.6 is 0 Å². The highest BCUT2D eigenvalue weighted by Gasteiger charge is 2.39. The van der Waals surface area contributed by atoms with E-state index in [1.54, 1.807) is 0 Å². The van der Waals surface area contributed by atoms with E-state index < -0.39 is 23.4 Å². The number of rotatable bonds is 4. The summed E-state index contributed by atoms with van der Waals surface area (Å²) in [5.74, 6) is -4.90. The first-order chi connectivity index (χ1) is 7.39. The second-order valence-electron chi connectivity index (χ2n) is 2.99. The first kappa shape index (κ1) is 12.1. The molecule has 0 fully saturated rings. The monoisotopic (exact) mass is 226 g/mol. The third kappa shape index (κ3) is 2.33. The minimum absolute atomic E-state index is 0.00968. The van der Waals surface area contributed by atoms with Gasteiger partial charge < -0.3 is 14.9 Å². The Morgan fingerprint density at radius 3 is 2.56 bits per heavy atom. The molecular formula is C9H10N2O5. The van der Waals surface area contributed by atoms with Gasteiger partial charge in [0.1, 0.15) is 5.57 Å². The fraction of sp³-hybridized carbons (Fsp3) is 0.222. The second kappa shape index (κ2) is 4.25. The van der Waals surface area contributed by atoms with Crippen molar-refractivity contribution in [1.82, 2.24) is 0 Å². The predicted molar refractivity (Wildman–Crippen MR) is 53.9 cm³/mol. The molecule has 1 atom stereocenters. The molecule has 86 valence electrons. The Morgan fingerprint density at radius 2 is 2.19 bits per heavy atom. The van der Waals surface area contributed by atoms with Gasteiger partial charge in [0.2, 0.25) is 5.85 Å². The lowest BCUT2D eigenvalue weighted by Crippen LogP contribution is -2.43. The highest BCUT2D eigenvalue weighted by atomic mass is 16.5. The smallest absolute Gasteiger partial charge is 0.338 e. The Labute approximate surface area is 90.5 Å². The van der Waals surface area contributed by atoms with Crippen LogP contribution in [0, 0.1) is 0 Å². The molecule has 7 nitrogen and oxygen atoms in total. The number of aliphatic imine (C=N–C) groups is 1. The molecule has 1 unspecified atom stereocenters. The summed E-state index contributed by atoms with van der Waals surface area (Å²) in [5.41, 5.74) is 5.27. The lowest BCUT2D eigenvalue weighted by molar-refractivity contribution is -0.137. The molecule has 0 spiro atoms. The van der Waals surface area contributed by atoms with Crippen molar-refractivity contribution >= 4 is 17.7 Å². The number of aliphatic carboxylic acids is 2. The number of carboxylic acids is 2. The molecule has 0 saturated heterocycles. The maximum Gasteiger partial charge on any atom is 0.338 e. The summed E-state index contributed by atoms with van der Waals surface area (Å²) in [4.78, 5) is 25.0. The zero-order valence-corrected chi connectivity index (χ0v) is 8.21. The van der Waals surface area contributed by atoms with Crippen molar-refractivity contribution in [2.45, 2.75) is 5.85 Å². The van der Waals surface area contributed by atoms with Crippen LogP contribution in [0.5, 0.6) is 0 Å². The summed E-state index contributed by atoms with van der Waals surface area (Å²) >= 11 is 0. The maximum absolute atomic E-state index is 10.8. The fourth-order valence-corrected chi connectivity index (χ4v) is 1.15. The highest BCUT2D eigenvalue weighted by molar-refractivity contribution is 6.00. The molecule has 0 saturated carbocycles. The summed E-state index contributed by atoms with van der Waals surface area (Å²) in [5, 5.41) is 17.3. The van der Waals surface area contributed by atoms with Crippen molar-refractivity contribution < 1.29 is 24.5 Å². The van der Waals surface area contributed by atoms with E-state index in [-0.39, 0.29) is 6.61 Å². The number of ether oxygens (including phenoxy) is 1. The molecule has 0 aromatic heterocycles. The van der Waals surface area contributed by atoms with Crippen LogP contribution in [0.3, 0.4) is 0 Å². The van der Waals surface area contributed by atoms with Crippen LogP contribution in [0.2, 0.25) is 0 Å². The number of carbonyl (C=O) groups is 2. The number of carboxylic acid groups (broad SMARTS) is 2. The molecule has 0 amide bonds. The van der Waals surface area contributed by atoms with Gasteiger partial charge in [0.15, 0.2) is 0 Å². The predicted octanol–water partition coefficient (Wildman–Crippen LogP) is -0.648. The number of nitrogens with two attached hydrogens (primary N) is 1. The topological polar surface area (TPSA) is 122 Å². The minimum atomic E-state index is -1.96. The molecule has 0 aromatic rings. The van der Waals surface area contributed by atoms with E-state index in [0.717, 1.165) is 0 Å². The lowest BCUT2D eigenvalue weighted by Gasteiger charge is -2.19. The van der Waals surface area contributed by atoms with Crippen molar-refractivity contribution in [3.8, 4) is 0 Å². The van der Waals surface area contributed by atoms with Gasteiger partial charge in [-0.05, 0) is 6.08 Å². The van der Waals surface area contributed by atoms with E-state index >= 15 is 0 Å². The number of hydrogen-bond acceptors (Lipinski definition) is 5. The Balaban J connectivity index is 3.15. The summed E-state index contributed by atoms with van der Waals surface area (Å²) in [6, 6.07) is 0. The van der Waals surface area contributed by atoms with Gasteiger partial charge in [-0.1, -0.05) is 6.58 Å². The summed E-state index contributed by atoms with van der Waals surface area (Å²) < 4.78 is 4.96. The van der Waals surface area contributed by atoms with Gasteiger partial charge in [-0.2, -0.15) is 0 Å². The number of hydrogen-bond donors (Lipinski definition) is 3. The zero-order valence-electron chi connectivity index (χ0n) is 8.21.